The van der Waals surface area contributed by atoms with Gasteiger partial charge >= 0.3 is 0 Å². The average molecular weight is 341 g/mol. The van der Waals surface area contributed by atoms with E-state index in [1.54, 1.807) is 7.11 Å². The quantitative estimate of drug-likeness (QED) is 0.833. The fraction of sp³-hybridized carbons (Fsp3) is 0.357. The highest BCUT2D eigenvalue weighted by molar-refractivity contribution is 7.87. The lowest BCUT2D eigenvalue weighted by molar-refractivity contribution is 0.416. The van der Waals surface area contributed by atoms with Crippen LogP contribution in [-0.4, -0.2) is 45.5 Å². The highest BCUT2D eigenvalue weighted by Crippen LogP contribution is 2.31. The monoisotopic (exact) mass is 341 g/mol. The molecule has 0 amide bonds. The molecule has 0 aliphatic heterocycles. The smallest absolute Gasteiger partial charge is 0.278 e. The van der Waals surface area contributed by atoms with Crippen LogP contribution in [0.1, 0.15) is 5.69 Å². The molecule has 0 aliphatic rings. The number of nitrogens with one attached hydrogen (secondary N) is 1. The summed E-state index contributed by atoms with van der Waals surface area (Å²) in [4.78, 5) is 4.54. The minimum atomic E-state index is -3.39. The maximum atomic E-state index is 11.6. The van der Waals surface area contributed by atoms with E-state index in [0.29, 0.717) is 13.0 Å². The van der Waals surface area contributed by atoms with Crippen LogP contribution in [0, 0.1) is 0 Å². The summed E-state index contributed by atoms with van der Waals surface area (Å²) >= 11 is 1.52. The van der Waals surface area contributed by atoms with Crippen molar-refractivity contribution >= 4 is 21.5 Å². The van der Waals surface area contributed by atoms with Crippen molar-refractivity contribution in [1.82, 2.24) is 14.0 Å². The number of benzene rings is 1. The zero-order chi connectivity index (χ0) is 16.2. The van der Waals surface area contributed by atoms with Crippen molar-refractivity contribution in [1.29, 1.82) is 0 Å². The number of thiazole rings is 1. The van der Waals surface area contributed by atoms with Gasteiger partial charge in [-0.25, -0.2) is 9.71 Å². The van der Waals surface area contributed by atoms with Crippen molar-refractivity contribution in [3.05, 3.63) is 35.3 Å². The summed E-state index contributed by atoms with van der Waals surface area (Å²) in [5.41, 5.74) is 1.79. The fourth-order valence-electron chi connectivity index (χ4n) is 1.80. The Morgan fingerprint density at radius 3 is 2.73 bits per heavy atom. The van der Waals surface area contributed by atoms with Crippen molar-refractivity contribution in [2.45, 2.75) is 6.42 Å². The topological polar surface area (TPSA) is 71.5 Å². The number of hydrogen-bond donors (Lipinski definition) is 1. The van der Waals surface area contributed by atoms with Gasteiger partial charge in [0, 0.05) is 32.4 Å². The SMILES string of the molecule is COc1ccccc1-c1nc(CCNS(=O)(=O)N(C)C)cs1. The molecular formula is C14H19N3O3S2. The highest BCUT2D eigenvalue weighted by Gasteiger charge is 2.13. The lowest BCUT2D eigenvalue weighted by Crippen LogP contribution is -2.36. The second-order valence-corrected chi connectivity index (χ2v) is 7.60. The maximum Gasteiger partial charge on any atom is 0.278 e. The maximum absolute atomic E-state index is 11.6. The van der Waals surface area contributed by atoms with E-state index in [2.05, 4.69) is 9.71 Å². The van der Waals surface area contributed by atoms with Crippen molar-refractivity contribution in [2.24, 2.45) is 0 Å². The Bertz CT molecular complexity index is 726. The van der Waals surface area contributed by atoms with Crippen LogP contribution in [-0.2, 0) is 16.6 Å². The first-order chi connectivity index (χ1) is 10.4. The summed E-state index contributed by atoms with van der Waals surface area (Å²) < 4.78 is 32.2. The molecule has 0 spiro atoms. The highest BCUT2D eigenvalue weighted by atomic mass is 32.2. The van der Waals surface area contributed by atoms with Crippen LogP contribution < -0.4 is 9.46 Å². The van der Waals surface area contributed by atoms with Gasteiger partial charge in [-0.2, -0.15) is 12.7 Å². The minimum Gasteiger partial charge on any atom is -0.496 e. The number of hydrogen-bond acceptors (Lipinski definition) is 5. The Kier molecular flexibility index (Phi) is 5.52. The van der Waals surface area contributed by atoms with E-state index in [4.69, 9.17) is 4.74 Å². The summed E-state index contributed by atoms with van der Waals surface area (Å²) in [6, 6.07) is 7.69. The van der Waals surface area contributed by atoms with Crippen molar-refractivity contribution in [3.63, 3.8) is 0 Å². The van der Waals surface area contributed by atoms with Gasteiger partial charge in [-0.05, 0) is 12.1 Å². The molecule has 22 heavy (non-hydrogen) atoms. The molecule has 8 heteroatoms. The van der Waals surface area contributed by atoms with E-state index in [0.717, 1.165) is 26.3 Å². The number of nitrogens with zero attached hydrogens (tertiary/aromatic N) is 2. The summed E-state index contributed by atoms with van der Waals surface area (Å²) in [6.07, 6.45) is 0.540. The predicted octanol–water partition coefficient (Wildman–Crippen LogP) is 1.76. The van der Waals surface area contributed by atoms with Crippen LogP contribution in [0.25, 0.3) is 10.6 Å². The van der Waals surface area contributed by atoms with Crippen molar-refractivity contribution in [3.8, 4) is 16.3 Å². The summed E-state index contributed by atoms with van der Waals surface area (Å²) in [5.74, 6) is 0.775. The molecule has 0 bridgehead atoms. The molecule has 1 N–H and O–H groups in total. The zero-order valence-corrected chi connectivity index (χ0v) is 14.4. The molecule has 2 aromatic rings. The van der Waals surface area contributed by atoms with E-state index in [1.807, 2.05) is 29.6 Å². The van der Waals surface area contributed by atoms with E-state index in [9.17, 15) is 8.42 Å². The molecule has 1 aromatic heterocycles. The van der Waals surface area contributed by atoms with Gasteiger partial charge < -0.3 is 4.74 Å². The molecule has 0 atom stereocenters. The Hall–Kier alpha value is -1.48. The molecule has 1 heterocycles. The first-order valence-electron chi connectivity index (χ1n) is 6.69. The number of aromatic nitrogens is 1. The molecule has 0 unspecified atom stereocenters. The Morgan fingerprint density at radius 2 is 2.05 bits per heavy atom. The Labute approximate surface area is 134 Å². The third-order valence-corrected chi connectivity index (χ3v) is 5.49. The molecule has 1 aromatic carbocycles. The van der Waals surface area contributed by atoms with Crippen LogP contribution in [0.2, 0.25) is 0 Å². The molecule has 0 aliphatic carbocycles. The summed E-state index contributed by atoms with van der Waals surface area (Å²) in [6.45, 7) is 0.315. The number of para-hydroxylation sites is 1. The van der Waals surface area contributed by atoms with Crippen molar-refractivity contribution < 1.29 is 13.2 Å². The second kappa shape index (κ2) is 7.19. The summed E-state index contributed by atoms with van der Waals surface area (Å²) in [5, 5.41) is 2.80. The molecule has 0 radical (unpaired) electrons. The van der Waals surface area contributed by atoms with Crippen LogP contribution in [0.4, 0.5) is 0 Å². The molecule has 6 nitrogen and oxygen atoms in total. The molecule has 0 saturated heterocycles. The van der Waals surface area contributed by atoms with Crippen LogP contribution in [0.3, 0.4) is 0 Å². The second-order valence-electron chi connectivity index (χ2n) is 4.78. The standard InChI is InChI=1S/C14H19N3O3S2/c1-17(2)22(18,19)15-9-8-11-10-21-14(16-11)12-6-4-5-7-13(12)20-3/h4-7,10,15H,8-9H2,1-3H3. The van der Waals surface area contributed by atoms with Gasteiger partial charge in [-0.15, -0.1) is 11.3 Å². The normalized spacial score (nSPS) is 11.8. The zero-order valence-electron chi connectivity index (χ0n) is 12.7. The molecule has 0 fully saturated rings. The Morgan fingerprint density at radius 1 is 1.32 bits per heavy atom. The van der Waals surface area contributed by atoms with Gasteiger partial charge in [-0.1, -0.05) is 12.1 Å². The van der Waals surface area contributed by atoms with Gasteiger partial charge in [0.2, 0.25) is 0 Å². The van der Waals surface area contributed by atoms with Crippen LogP contribution in [0.5, 0.6) is 5.75 Å². The summed E-state index contributed by atoms with van der Waals surface area (Å²) in [7, 11) is 1.22. The number of rotatable bonds is 7. The molecule has 0 saturated carbocycles. The fourth-order valence-corrected chi connectivity index (χ4v) is 3.31. The van der Waals surface area contributed by atoms with Crippen molar-refractivity contribution in [2.75, 3.05) is 27.7 Å². The third kappa shape index (κ3) is 4.04. The van der Waals surface area contributed by atoms with Gasteiger partial charge in [0.25, 0.3) is 10.2 Å². The van der Waals surface area contributed by atoms with Gasteiger partial charge in [0.05, 0.1) is 18.4 Å². The number of ether oxygens (including phenoxy) is 1. The Balaban J connectivity index is 2.03. The van der Waals surface area contributed by atoms with Gasteiger partial charge in [0.15, 0.2) is 0 Å². The molecule has 120 valence electrons. The molecular weight excluding hydrogens is 322 g/mol. The number of methoxy groups -OCH3 is 1. The lowest BCUT2D eigenvalue weighted by atomic mass is 10.2. The van der Waals surface area contributed by atoms with E-state index < -0.39 is 10.2 Å². The predicted molar refractivity (Wildman–Crippen MR) is 88.4 cm³/mol. The lowest BCUT2D eigenvalue weighted by Gasteiger charge is -2.11. The van der Waals surface area contributed by atoms with E-state index in [1.165, 1.54) is 25.4 Å². The first-order valence-corrected chi connectivity index (χ1v) is 9.01. The average Bonchev–Trinajstić information content (AvgIpc) is 2.95. The van der Waals surface area contributed by atoms with E-state index >= 15 is 0 Å². The van der Waals surface area contributed by atoms with Crippen LogP contribution >= 0.6 is 11.3 Å². The third-order valence-electron chi connectivity index (χ3n) is 3.04. The van der Waals surface area contributed by atoms with Gasteiger partial charge in [-0.3, -0.25) is 0 Å². The minimum absolute atomic E-state index is 0.315. The largest absolute Gasteiger partial charge is 0.496 e. The van der Waals surface area contributed by atoms with Gasteiger partial charge in [0.1, 0.15) is 10.8 Å². The first kappa shape index (κ1) is 16.9. The van der Waals surface area contributed by atoms with E-state index in [-0.39, 0.29) is 0 Å². The van der Waals surface area contributed by atoms with Crippen LogP contribution in [0.15, 0.2) is 29.6 Å². The molecule has 2 rings (SSSR count).